The van der Waals surface area contributed by atoms with Crippen molar-refractivity contribution in [1.29, 1.82) is 0 Å². The van der Waals surface area contributed by atoms with Crippen LogP contribution in [0.5, 0.6) is 0 Å². The fourth-order valence-corrected chi connectivity index (χ4v) is 2.76. The quantitative estimate of drug-likeness (QED) is 0.609. The zero-order valence-corrected chi connectivity index (χ0v) is 13.3. The molecule has 0 aromatic heterocycles. The molecule has 0 radical (unpaired) electrons. The van der Waals surface area contributed by atoms with Crippen LogP contribution in [0.25, 0.3) is 0 Å². The van der Waals surface area contributed by atoms with Gasteiger partial charge in [0.1, 0.15) is 17.8 Å². The van der Waals surface area contributed by atoms with Crippen LogP contribution in [0.15, 0.2) is 24.3 Å². The second-order valence-corrected chi connectivity index (χ2v) is 6.87. The molecule has 1 amide bonds. The van der Waals surface area contributed by atoms with Crippen LogP contribution in [0.3, 0.4) is 0 Å². The van der Waals surface area contributed by atoms with E-state index in [-0.39, 0.29) is 12.1 Å². The van der Waals surface area contributed by atoms with Gasteiger partial charge < -0.3 is 4.74 Å². The molecule has 0 bridgehead atoms. The van der Waals surface area contributed by atoms with Crippen LogP contribution in [0.4, 0.5) is 4.79 Å². The summed E-state index contributed by atoms with van der Waals surface area (Å²) in [6, 6.07) is 7.57. The lowest BCUT2D eigenvalue weighted by Gasteiger charge is -2.25. The molecule has 1 saturated heterocycles. The maximum Gasteiger partial charge on any atom is 0.422 e. The highest BCUT2D eigenvalue weighted by Crippen LogP contribution is 2.29. The number of benzene rings is 1. The minimum Gasteiger partial charge on any atom is -0.443 e. The molecule has 0 saturated carbocycles. The number of halogens is 1. The highest BCUT2D eigenvalue weighted by atomic mass is 35.5. The van der Waals surface area contributed by atoms with Gasteiger partial charge in [-0.15, -0.1) is 0 Å². The molecular formula is C14H18ClNO3S. The lowest BCUT2D eigenvalue weighted by atomic mass is 10.1. The van der Waals surface area contributed by atoms with E-state index in [9.17, 15) is 4.79 Å². The molecule has 1 fully saturated rings. The third-order valence-corrected chi connectivity index (χ3v) is 3.74. The van der Waals surface area contributed by atoms with Gasteiger partial charge in [0.05, 0.1) is 12.6 Å². The van der Waals surface area contributed by atoms with Gasteiger partial charge in [0.25, 0.3) is 0 Å². The van der Waals surface area contributed by atoms with Crippen molar-refractivity contribution in [2.75, 3.05) is 6.61 Å². The summed E-state index contributed by atoms with van der Waals surface area (Å²) in [6.07, 6.45) is 0.319. The Hall–Kier alpha value is -0.910. The van der Waals surface area contributed by atoms with E-state index >= 15 is 0 Å². The van der Waals surface area contributed by atoms with Crippen LogP contribution in [-0.4, -0.2) is 28.6 Å². The molecular weight excluding hydrogens is 298 g/mol. The molecule has 0 spiro atoms. The van der Waals surface area contributed by atoms with Crippen LogP contribution in [0, 0.1) is 0 Å². The van der Waals surface area contributed by atoms with E-state index in [1.807, 2.05) is 45.0 Å². The molecule has 1 heterocycles. The molecule has 1 atom stereocenters. The molecule has 1 aliphatic rings. The van der Waals surface area contributed by atoms with E-state index in [0.717, 1.165) is 17.8 Å². The van der Waals surface area contributed by atoms with Crippen molar-refractivity contribution >= 4 is 29.9 Å². The number of rotatable bonds is 2. The SMILES string of the molecule is CC(C)(C)OC(=O)N1SOCC1Cc1cccc(Cl)c1. The van der Waals surface area contributed by atoms with Crippen LogP contribution in [0.2, 0.25) is 5.02 Å². The summed E-state index contributed by atoms with van der Waals surface area (Å²) in [5.41, 5.74) is 0.558. The Morgan fingerprint density at radius 2 is 2.30 bits per heavy atom. The molecule has 1 aliphatic heterocycles. The highest BCUT2D eigenvalue weighted by Gasteiger charge is 2.34. The average Bonchev–Trinajstić information content (AvgIpc) is 2.75. The Morgan fingerprint density at radius 1 is 1.55 bits per heavy atom. The van der Waals surface area contributed by atoms with Crippen LogP contribution < -0.4 is 0 Å². The largest absolute Gasteiger partial charge is 0.443 e. The Labute approximate surface area is 128 Å². The first-order valence-electron chi connectivity index (χ1n) is 6.41. The summed E-state index contributed by atoms with van der Waals surface area (Å²) in [5.74, 6) is 0. The summed E-state index contributed by atoms with van der Waals surface area (Å²) >= 11 is 7.02. The van der Waals surface area contributed by atoms with Crippen molar-refractivity contribution in [3.63, 3.8) is 0 Å². The Kier molecular flexibility index (Phi) is 4.83. The number of carbonyl (C=O) groups is 1. The topological polar surface area (TPSA) is 38.8 Å². The molecule has 0 N–H and O–H groups in total. The van der Waals surface area contributed by atoms with E-state index in [1.54, 1.807) is 4.31 Å². The summed E-state index contributed by atoms with van der Waals surface area (Å²) in [4.78, 5) is 12.1. The van der Waals surface area contributed by atoms with Gasteiger partial charge in [-0.1, -0.05) is 23.7 Å². The third kappa shape index (κ3) is 4.30. The highest BCUT2D eigenvalue weighted by molar-refractivity contribution is 7.93. The zero-order chi connectivity index (χ0) is 14.8. The lowest BCUT2D eigenvalue weighted by molar-refractivity contribution is 0.0368. The fourth-order valence-electron chi connectivity index (χ4n) is 1.86. The zero-order valence-electron chi connectivity index (χ0n) is 11.8. The number of nitrogens with zero attached hydrogens (tertiary/aromatic N) is 1. The second kappa shape index (κ2) is 6.24. The average molecular weight is 316 g/mol. The van der Waals surface area contributed by atoms with E-state index in [0.29, 0.717) is 18.1 Å². The van der Waals surface area contributed by atoms with Gasteiger partial charge in [-0.3, -0.25) is 4.18 Å². The normalized spacial score (nSPS) is 19.2. The smallest absolute Gasteiger partial charge is 0.422 e. The predicted molar refractivity (Wildman–Crippen MR) is 80.6 cm³/mol. The fraction of sp³-hybridized carbons (Fsp3) is 0.500. The molecule has 2 rings (SSSR count). The predicted octanol–water partition coefficient (Wildman–Crippen LogP) is 4.08. The van der Waals surface area contributed by atoms with Crippen LogP contribution in [-0.2, 0) is 15.3 Å². The van der Waals surface area contributed by atoms with Gasteiger partial charge >= 0.3 is 6.09 Å². The molecule has 1 aromatic rings. The van der Waals surface area contributed by atoms with E-state index in [2.05, 4.69) is 0 Å². The van der Waals surface area contributed by atoms with Crippen LogP contribution in [0.1, 0.15) is 26.3 Å². The monoisotopic (exact) mass is 315 g/mol. The minimum atomic E-state index is -0.513. The second-order valence-electron chi connectivity index (χ2n) is 5.65. The number of carbonyl (C=O) groups excluding carboxylic acids is 1. The van der Waals surface area contributed by atoms with E-state index in [1.165, 1.54) is 0 Å². The molecule has 20 heavy (non-hydrogen) atoms. The summed E-state index contributed by atoms with van der Waals surface area (Å²) < 4.78 is 12.2. The number of amides is 1. The molecule has 4 nitrogen and oxygen atoms in total. The van der Waals surface area contributed by atoms with Gasteiger partial charge in [-0.2, -0.15) is 0 Å². The van der Waals surface area contributed by atoms with Crippen molar-refractivity contribution in [2.45, 2.75) is 38.8 Å². The number of ether oxygens (including phenoxy) is 1. The van der Waals surface area contributed by atoms with Crippen molar-refractivity contribution in [3.8, 4) is 0 Å². The summed E-state index contributed by atoms with van der Waals surface area (Å²) in [7, 11) is 0. The Balaban J connectivity index is 2.02. The maximum atomic E-state index is 12.1. The molecule has 0 aliphatic carbocycles. The van der Waals surface area contributed by atoms with Gasteiger partial charge in [-0.25, -0.2) is 9.10 Å². The van der Waals surface area contributed by atoms with Crippen molar-refractivity contribution in [2.24, 2.45) is 0 Å². The third-order valence-electron chi connectivity index (χ3n) is 2.66. The molecule has 1 unspecified atom stereocenters. The van der Waals surface area contributed by atoms with Crippen molar-refractivity contribution < 1.29 is 13.7 Å². The van der Waals surface area contributed by atoms with Gasteiger partial charge in [-0.05, 0) is 44.9 Å². The molecule has 1 aromatic carbocycles. The first-order valence-corrected chi connectivity index (χ1v) is 7.49. The van der Waals surface area contributed by atoms with E-state index in [4.69, 9.17) is 20.5 Å². The summed E-state index contributed by atoms with van der Waals surface area (Å²) in [5, 5.41) is 0.692. The van der Waals surface area contributed by atoms with E-state index < -0.39 is 5.60 Å². The molecule has 110 valence electrons. The molecule has 6 heteroatoms. The maximum absolute atomic E-state index is 12.1. The van der Waals surface area contributed by atoms with Crippen molar-refractivity contribution in [1.82, 2.24) is 4.31 Å². The number of hydrogen-bond acceptors (Lipinski definition) is 4. The first-order chi connectivity index (χ1) is 9.35. The standard InChI is InChI=1S/C14H18ClNO3S/c1-14(2,3)19-13(17)16-12(9-18-20-16)8-10-5-4-6-11(15)7-10/h4-7,12H,8-9H2,1-3H3. The Morgan fingerprint density at radius 3 is 2.95 bits per heavy atom. The van der Waals surface area contributed by atoms with Gasteiger partial charge in [0.2, 0.25) is 0 Å². The minimum absolute atomic E-state index is 0.0479. The first kappa shape index (κ1) is 15.5. The lowest BCUT2D eigenvalue weighted by Crippen LogP contribution is -2.38. The van der Waals surface area contributed by atoms with Crippen LogP contribution >= 0.6 is 23.8 Å². The van der Waals surface area contributed by atoms with Gasteiger partial charge in [0.15, 0.2) is 0 Å². The number of hydrogen-bond donors (Lipinski definition) is 0. The van der Waals surface area contributed by atoms with Crippen molar-refractivity contribution in [3.05, 3.63) is 34.9 Å². The summed E-state index contributed by atoms with van der Waals surface area (Å²) in [6.45, 7) is 6.02. The van der Waals surface area contributed by atoms with Gasteiger partial charge in [0, 0.05) is 5.02 Å². The Bertz CT molecular complexity index is 490.